The Morgan fingerprint density at radius 2 is 1.77 bits per heavy atom. The van der Waals surface area contributed by atoms with Crippen molar-refractivity contribution in [2.75, 3.05) is 6.61 Å². The highest BCUT2D eigenvalue weighted by atomic mass is 35.5. The van der Waals surface area contributed by atoms with Crippen LogP contribution in [0.5, 0.6) is 5.75 Å². The van der Waals surface area contributed by atoms with E-state index in [4.69, 9.17) is 21.4 Å². The van der Waals surface area contributed by atoms with Crippen LogP contribution in [-0.2, 0) is 15.0 Å². The average Bonchev–Trinajstić information content (AvgIpc) is 2.60. The highest BCUT2D eigenvalue weighted by Gasteiger charge is 2.32. The highest BCUT2D eigenvalue weighted by molar-refractivity contribution is 6.31. The Morgan fingerprint density at radius 3 is 2.35 bits per heavy atom. The van der Waals surface area contributed by atoms with E-state index in [1.807, 2.05) is 39.0 Å². The van der Waals surface area contributed by atoms with Crippen LogP contribution in [0.3, 0.4) is 0 Å². The van der Waals surface area contributed by atoms with Crippen LogP contribution in [0.4, 0.5) is 0 Å². The lowest BCUT2D eigenvalue weighted by Gasteiger charge is -2.27. The van der Waals surface area contributed by atoms with Crippen LogP contribution in [0.25, 0.3) is 0 Å². The quantitative estimate of drug-likeness (QED) is 0.768. The van der Waals surface area contributed by atoms with Gasteiger partial charge < -0.3 is 15.2 Å². The van der Waals surface area contributed by atoms with E-state index in [1.54, 1.807) is 30.3 Å². The van der Waals surface area contributed by atoms with E-state index in [2.05, 4.69) is 5.32 Å². The minimum atomic E-state index is -1.03. The summed E-state index contributed by atoms with van der Waals surface area (Å²) in [6.45, 7) is 5.16. The van der Waals surface area contributed by atoms with Crippen LogP contribution >= 0.6 is 11.6 Å². The van der Waals surface area contributed by atoms with Crippen LogP contribution in [0, 0.1) is 0 Å². The molecule has 0 fully saturated rings. The number of amides is 1. The molecule has 6 heteroatoms. The SMILES string of the molecule is CC(NC(=O)C(C)(C)c1ccccc1Cl)c1ccc(OCC(=O)O)cc1. The molecule has 0 aliphatic rings. The fraction of sp³-hybridized carbons (Fsp3) is 0.300. The Bertz CT molecular complexity index is 787. The van der Waals surface area contributed by atoms with Crippen molar-refractivity contribution in [1.29, 1.82) is 0 Å². The summed E-state index contributed by atoms with van der Waals surface area (Å²) < 4.78 is 5.11. The third kappa shape index (κ3) is 4.76. The molecular formula is C20H22ClNO4. The predicted octanol–water partition coefficient (Wildman–Crippen LogP) is 3.96. The second-order valence-corrected chi connectivity index (χ2v) is 6.96. The Balaban J connectivity index is 2.06. The Labute approximate surface area is 157 Å². The van der Waals surface area contributed by atoms with Gasteiger partial charge in [-0.1, -0.05) is 41.9 Å². The van der Waals surface area contributed by atoms with Crippen molar-refractivity contribution < 1.29 is 19.4 Å². The van der Waals surface area contributed by atoms with Gasteiger partial charge in [-0.2, -0.15) is 0 Å². The summed E-state index contributed by atoms with van der Waals surface area (Å²) in [6, 6.07) is 14.0. The fourth-order valence-electron chi connectivity index (χ4n) is 2.55. The third-order valence-electron chi connectivity index (χ3n) is 4.20. The minimum Gasteiger partial charge on any atom is -0.482 e. The minimum absolute atomic E-state index is 0.135. The van der Waals surface area contributed by atoms with Crippen LogP contribution in [0.1, 0.15) is 37.9 Å². The number of halogens is 1. The molecule has 2 rings (SSSR count). The molecule has 2 aromatic rings. The zero-order valence-electron chi connectivity index (χ0n) is 15.0. The van der Waals surface area contributed by atoms with E-state index < -0.39 is 18.0 Å². The normalized spacial score (nSPS) is 12.3. The van der Waals surface area contributed by atoms with Gasteiger partial charge in [0.05, 0.1) is 11.5 Å². The van der Waals surface area contributed by atoms with Crippen molar-refractivity contribution in [3.8, 4) is 5.75 Å². The molecule has 0 heterocycles. The second-order valence-electron chi connectivity index (χ2n) is 6.55. The molecule has 2 aromatic carbocycles. The molecule has 0 aliphatic carbocycles. The number of ether oxygens (including phenoxy) is 1. The summed E-state index contributed by atoms with van der Waals surface area (Å²) in [5, 5.41) is 12.2. The maximum atomic E-state index is 12.8. The number of nitrogens with one attached hydrogen (secondary N) is 1. The van der Waals surface area contributed by atoms with Gasteiger partial charge in [0, 0.05) is 5.02 Å². The van der Waals surface area contributed by atoms with E-state index in [0.29, 0.717) is 10.8 Å². The van der Waals surface area contributed by atoms with Crippen molar-refractivity contribution in [2.24, 2.45) is 0 Å². The van der Waals surface area contributed by atoms with Crippen molar-refractivity contribution in [3.63, 3.8) is 0 Å². The predicted molar refractivity (Wildman–Crippen MR) is 101 cm³/mol. The van der Waals surface area contributed by atoms with Crippen LogP contribution < -0.4 is 10.1 Å². The number of carboxylic acids is 1. The molecule has 138 valence electrons. The number of carbonyl (C=O) groups excluding carboxylic acids is 1. The molecule has 26 heavy (non-hydrogen) atoms. The van der Waals surface area contributed by atoms with Gasteiger partial charge in [0.25, 0.3) is 0 Å². The Hall–Kier alpha value is -2.53. The first-order valence-electron chi connectivity index (χ1n) is 8.22. The molecule has 2 N–H and O–H groups in total. The van der Waals surface area contributed by atoms with Crippen LogP contribution in [-0.4, -0.2) is 23.6 Å². The lowest BCUT2D eigenvalue weighted by molar-refractivity contribution is -0.139. The maximum Gasteiger partial charge on any atom is 0.341 e. The van der Waals surface area contributed by atoms with Gasteiger partial charge in [0.15, 0.2) is 6.61 Å². The molecule has 0 radical (unpaired) electrons. The lowest BCUT2D eigenvalue weighted by Crippen LogP contribution is -2.41. The summed E-state index contributed by atoms with van der Waals surface area (Å²) in [5.74, 6) is -0.702. The van der Waals surface area contributed by atoms with E-state index in [0.717, 1.165) is 11.1 Å². The first-order chi connectivity index (χ1) is 12.2. The smallest absolute Gasteiger partial charge is 0.341 e. The molecule has 0 aliphatic heterocycles. The van der Waals surface area contributed by atoms with Gasteiger partial charge in [-0.15, -0.1) is 0 Å². The van der Waals surface area contributed by atoms with Crippen molar-refractivity contribution in [3.05, 3.63) is 64.7 Å². The molecule has 1 atom stereocenters. The number of aliphatic carboxylic acids is 1. The number of hydrogen-bond acceptors (Lipinski definition) is 3. The molecule has 1 unspecified atom stereocenters. The summed E-state index contributed by atoms with van der Waals surface area (Å²) in [5.41, 5.74) is 0.872. The number of benzene rings is 2. The van der Waals surface area contributed by atoms with Crippen molar-refractivity contribution >= 4 is 23.5 Å². The monoisotopic (exact) mass is 375 g/mol. The van der Waals surface area contributed by atoms with Crippen molar-refractivity contribution in [1.82, 2.24) is 5.32 Å². The number of carbonyl (C=O) groups is 2. The molecule has 1 amide bonds. The Morgan fingerprint density at radius 1 is 1.15 bits per heavy atom. The van der Waals surface area contributed by atoms with Crippen molar-refractivity contribution in [2.45, 2.75) is 32.2 Å². The van der Waals surface area contributed by atoms with Crippen LogP contribution in [0.15, 0.2) is 48.5 Å². The molecule has 5 nitrogen and oxygen atoms in total. The summed E-state index contributed by atoms with van der Waals surface area (Å²) >= 11 is 6.24. The zero-order chi connectivity index (χ0) is 19.3. The van der Waals surface area contributed by atoms with Gasteiger partial charge in [-0.05, 0) is 50.1 Å². The molecule has 0 aromatic heterocycles. The first kappa shape index (κ1) is 19.8. The largest absolute Gasteiger partial charge is 0.482 e. The maximum absolute atomic E-state index is 12.8. The highest BCUT2D eigenvalue weighted by Crippen LogP contribution is 2.30. The van der Waals surface area contributed by atoms with Gasteiger partial charge in [-0.25, -0.2) is 4.79 Å². The average molecular weight is 376 g/mol. The van der Waals surface area contributed by atoms with Gasteiger partial charge in [0.2, 0.25) is 5.91 Å². The molecule has 0 saturated carbocycles. The number of carboxylic acid groups (broad SMARTS) is 1. The fourth-order valence-corrected chi connectivity index (χ4v) is 2.92. The van der Waals surface area contributed by atoms with E-state index >= 15 is 0 Å². The first-order valence-corrected chi connectivity index (χ1v) is 8.60. The molecule has 0 saturated heterocycles. The van der Waals surface area contributed by atoms with E-state index in [1.165, 1.54) is 0 Å². The lowest BCUT2D eigenvalue weighted by atomic mass is 9.83. The van der Waals surface area contributed by atoms with Gasteiger partial charge >= 0.3 is 5.97 Å². The summed E-state index contributed by atoms with van der Waals surface area (Å²) in [4.78, 5) is 23.3. The van der Waals surface area contributed by atoms with Gasteiger partial charge in [-0.3, -0.25) is 4.79 Å². The molecule has 0 spiro atoms. The second kappa shape index (κ2) is 8.23. The number of rotatable bonds is 7. The molecular weight excluding hydrogens is 354 g/mol. The number of hydrogen-bond donors (Lipinski definition) is 2. The summed E-state index contributed by atoms with van der Waals surface area (Å²) in [7, 11) is 0. The van der Waals surface area contributed by atoms with Crippen LogP contribution in [0.2, 0.25) is 5.02 Å². The standard InChI is InChI=1S/C20H22ClNO4/c1-13(14-8-10-15(11-9-14)26-12-18(23)24)22-19(25)20(2,3)16-6-4-5-7-17(16)21/h4-11,13H,12H2,1-3H3,(H,22,25)(H,23,24). The van der Waals surface area contributed by atoms with E-state index in [9.17, 15) is 9.59 Å². The third-order valence-corrected chi connectivity index (χ3v) is 4.53. The molecule has 0 bridgehead atoms. The van der Waals surface area contributed by atoms with Gasteiger partial charge in [0.1, 0.15) is 5.75 Å². The Kier molecular flexibility index (Phi) is 6.27. The summed E-state index contributed by atoms with van der Waals surface area (Å²) in [6.07, 6.45) is 0. The zero-order valence-corrected chi connectivity index (χ0v) is 15.7. The topological polar surface area (TPSA) is 75.6 Å². The van der Waals surface area contributed by atoms with E-state index in [-0.39, 0.29) is 11.9 Å².